The van der Waals surface area contributed by atoms with E-state index in [1.54, 1.807) is 12.1 Å². The van der Waals surface area contributed by atoms with Crippen LogP contribution in [-0.4, -0.2) is 53.2 Å². The summed E-state index contributed by atoms with van der Waals surface area (Å²) in [5.74, 6) is -3.77. The Hall–Kier alpha value is -2.77. The van der Waals surface area contributed by atoms with E-state index in [9.17, 15) is 4.39 Å². The van der Waals surface area contributed by atoms with Gasteiger partial charge in [-0.25, -0.2) is 14.0 Å². The number of nitrogens with zero attached hydrogens (tertiary/aromatic N) is 1. The highest BCUT2D eigenvalue weighted by Gasteiger charge is 2.25. The van der Waals surface area contributed by atoms with Crippen LogP contribution in [-0.2, 0) is 9.59 Å². The summed E-state index contributed by atoms with van der Waals surface area (Å²) < 4.78 is 14.2. The Bertz CT molecular complexity index is 721. The summed E-state index contributed by atoms with van der Waals surface area (Å²) in [4.78, 5) is 20.6. The number of carboxylic acids is 2. The molecule has 138 valence electrons. The fourth-order valence-corrected chi connectivity index (χ4v) is 2.86. The third-order valence-electron chi connectivity index (χ3n) is 4.01. The molecule has 6 nitrogen and oxygen atoms in total. The predicted octanol–water partition coefficient (Wildman–Crippen LogP) is 1.98. The maximum atomic E-state index is 14.2. The first-order valence-corrected chi connectivity index (χ1v) is 8.21. The average Bonchev–Trinajstić information content (AvgIpc) is 2.66. The second-order valence-electron chi connectivity index (χ2n) is 5.73. The van der Waals surface area contributed by atoms with Crippen molar-refractivity contribution in [2.75, 3.05) is 26.2 Å². The van der Waals surface area contributed by atoms with Crippen LogP contribution in [0.1, 0.15) is 17.2 Å². The van der Waals surface area contributed by atoms with Gasteiger partial charge in [-0.1, -0.05) is 48.5 Å². The van der Waals surface area contributed by atoms with Crippen LogP contribution in [0.3, 0.4) is 0 Å². The largest absolute Gasteiger partial charge is 0.473 e. The Morgan fingerprint density at radius 2 is 1.46 bits per heavy atom. The molecule has 0 spiro atoms. The van der Waals surface area contributed by atoms with Gasteiger partial charge in [0.2, 0.25) is 0 Å². The fourth-order valence-electron chi connectivity index (χ4n) is 2.86. The number of rotatable bonds is 3. The Morgan fingerprint density at radius 1 is 0.923 bits per heavy atom. The summed E-state index contributed by atoms with van der Waals surface area (Å²) in [5.41, 5.74) is 1.92. The maximum absolute atomic E-state index is 14.2. The Labute approximate surface area is 150 Å². The highest BCUT2D eigenvalue weighted by atomic mass is 19.1. The van der Waals surface area contributed by atoms with E-state index in [0.717, 1.165) is 37.3 Å². The minimum absolute atomic E-state index is 0.000463. The standard InChI is InChI=1S/C17H19FN2.C2H2O4/c18-16-9-5-4-8-15(16)17(14-6-2-1-3-7-14)20-12-10-19-11-13-20;3-1(4)2(5)6/h1-9,17,19H,10-13H2;(H,3,4)(H,5,6). The van der Waals surface area contributed by atoms with Crippen LogP contribution in [0.2, 0.25) is 0 Å². The van der Waals surface area contributed by atoms with Crippen LogP contribution >= 0.6 is 0 Å². The van der Waals surface area contributed by atoms with Crippen molar-refractivity contribution >= 4 is 11.9 Å². The van der Waals surface area contributed by atoms with Crippen molar-refractivity contribution in [3.63, 3.8) is 0 Å². The van der Waals surface area contributed by atoms with Gasteiger partial charge in [0.05, 0.1) is 6.04 Å². The molecule has 1 heterocycles. The molecular weight excluding hydrogens is 339 g/mol. The summed E-state index contributed by atoms with van der Waals surface area (Å²) in [6.07, 6.45) is 0. The molecule has 0 bridgehead atoms. The van der Waals surface area contributed by atoms with E-state index in [1.807, 2.05) is 30.3 Å². The maximum Gasteiger partial charge on any atom is 0.414 e. The van der Waals surface area contributed by atoms with Crippen LogP contribution < -0.4 is 5.32 Å². The van der Waals surface area contributed by atoms with E-state index in [1.165, 1.54) is 0 Å². The number of halogens is 1. The Kier molecular flexibility index (Phi) is 7.25. The molecule has 3 N–H and O–H groups in total. The number of hydrogen-bond acceptors (Lipinski definition) is 4. The summed E-state index contributed by atoms with van der Waals surface area (Å²) in [5, 5.41) is 18.1. The molecule has 1 aliphatic heterocycles. The zero-order chi connectivity index (χ0) is 18.9. The van der Waals surface area contributed by atoms with Crippen LogP contribution in [0.25, 0.3) is 0 Å². The minimum atomic E-state index is -1.82. The van der Waals surface area contributed by atoms with Crippen molar-refractivity contribution in [3.8, 4) is 0 Å². The molecule has 0 aliphatic carbocycles. The van der Waals surface area contributed by atoms with Crippen molar-refractivity contribution in [3.05, 3.63) is 71.5 Å². The Balaban J connectivity index is 0.000000352. The zero-order valence-corrected chi connectivity index (χ0v) is 14.1. The quantitative estimate of drug-likeness (QED) is 0.725. The van der Waals surface area contributed by atoms with Crippen molar-refractivity contribution in [2.45, 2.75) is 6.04 Å². The Morgan fingerprint density at radius 3 is 2.00 bits per heavy atom. The number of aliphatic carboxylic acids is 2. The number of benzene rings is 2. The van der Waals surface area contributed by atoms with Crippen molar-refractivity contribution in [1.29, 1.82) is 0 Å². The molecule has 0 saturated carbocycles. The summed E-state index contributed by atoms with van der Waals surface area (Å²) in [6.45, 7) is 3.79. The van der Waals surface area contributed by atoms with Crippen LogP contribution in [0.15, 0.2) is 54.6 Å². The van der Waals surface area contributed by atoms with E-state index in [2.05, 4.69) is 22.3 Å². The summed E-state index contributed by atoms with van der Waals surface area (Å²) in [7, 11) is 0. The molecule has 1 saturated heterocycles. The smallest absolute Gasteiger partial charge is 0.414 e. The lowest BCUT2D eigenvalue weighted by Gasteiger charge is -2.35. The molecule has 0 aromatic heterocycles. The van der Waals surface area contributed by atoms with Gasteiger partial charge < -0.3 is 15.5 Å². The van der Waals surface area contributed by atoms with Crippen LogP contribution in [0, 0.1) is 5.82 Å². The van der Waals surface area contributed by atoms with Crippen LogP contribution in [0.5, 0.6) is 0 Å². The third kappa shape index (κ3) is 5.37. The lowest BCUT2D eigenvalue weighted by Crippen LogP contribution is -2.45. The molecule has 7 heteroatoms. The molecule has 2 aromatic carbocycles. The topological polar surface area (TPSA) is 89.9 Å². The monoisotopic (exact) mass is 360 g/mol. The van der Waals surface area contributed by atoms with E-state index in [4.69, 9.17) is 19.8 Å². The molecule has 3 rings (SSSR count). The van der Waals surface area contributed by atoms with E-state index < -0.39 is 11.9 Å². The van der Waals surface area contributed by atoms with Crippen molar-refractivity contribution in [1.82, 2.24) is 10.2 Å². The lowest BCUT2D eigenvalue weighted by molar-refractivity contribution is -0.159. The third-order valence-corrected chi connectivity index (χ3v) is 4.01. The van der Waals surface area contributed by atoms with Gasteiger partial charge in [-0.3, -0.25) is 4.90 Å². The fraction of sp³-hybridized carbons (Fsp3) is 0.263. The van der Waals surface area contributed by atoms with Gasteiger partial charge in [-0.2, -0.15) is 0 Å². The summed E-state index contributed by atoms with van der Waals surface area (Å²) in [6, 6.07) is 17.3. The number of piperazine rings is 1. The van der Waals surface area contributed by atoms with Gasteiger partial charge in [-0.05, 0) is 11.6 Å². The molecule has 1 unspecified atom stereocenters. The number of hydrogen-bond donors (Lipinski definition) is 3. The van der Waals surface area contributed by atoms with Gasteiger partial charge in [0.15, 0.2) is 0 Å². The number of carboxylic acid groups (broad SMARTS) is 2. The van der Waals surface area contributed by atoms with Crippen LogP contribution in [0.4, 0.5) is 4.39 Å². The SMILES string of the molecule is Fc1ccccc1C(c1ccccc1)N1CCNCC1.O=C(O)C(=O)O. The highest BCUT2D eigenvalue weighted by molar-refractivity contribution is 6.27. The van der Waals surface area contributed by atoms with Crippen molar-refractivity contribution < 1.29 is 24.2 Å². The molecule has 0 radical (unpaired) electrons. The first-order valence-electron chi connectivity index (χ1n) is 8.21. The lowest BCUT2D eigenvalue weighted by atomic mass is 9.96. The average molecular weight is 360 g/mol. The van der Waals surface area contributed by atoms with Gasteiger partial charge in [0, 0.05) is 31.7 Å². The second kappa shape index (κ2) is 9.65. The number of carbonyl (C=O) groups is 2. The van der Waals surface area contributed by atoms with Gasteiger partial charge in [0.25, 0.3) is 0 Å². The molecular formula is C19H21FN2O4. The van der Waals surface area contributed by atoms with E-state index in [0.29, 0.717) is 0 Å². The minimum Gasteiger partial charge on any atom is -0.473 e. The number of nitrogens with one attached hydrogen (secondary N) is 1. The normalized spacial score (nSPS) is 15.4. The molecule has 1 atom stereocenters. The van der Waals surface area contributed by atoms with Gasteiger partial charge >= 0.3 is 11.9 Å². The zero-order valence-electron chi connectivity index (χ0n) is 14.1. The predicted molar refractivity (Wildman–Crippen MR) is 94.4 cm³/mol. The summed E-state index contributed by atoms with van der Waals surface area (Å²) >= 11 is 0. The molecule has 26 heavy (non-hydrogen) atoms. The van der Waals surface area contributed by atoms with E-state index >= 15 is 0 Å². The molecule has 1 aliphatic rings. The molecule has 2 aromatic rings. The molecule has 1 fully saturated rings. The van der Waals surface area contributed by atoms with E-state index in [-0.39, 0.29) is 11.9 Å². The second-order valence-corrected chi connectivity index (χ2v) is 5.73. The first kappa shape index (κ1) is 19.6. The first-order chi connectivity index (χ1) is 12.5. The van der Waals surface area contributed by atoms with Gasteiger partial charge in [0.1, 0.15) is 5.82 Å². The molecule has 0 amide bonds. The van der Waals surface area contributed by atoms with Gasteiger partial charge in [-0.15, -0.1) is 0 Å². The highest BCUT2D eigenvalue weighted by Crippen LogP contribution is 2.30. The van der Waals surface area contributed by atoms with Crippen molar-refractivity contribution in [2.24, 2.45) is 0 Å².